The first-order valence-electron chi connectivity index (χ1n) is 8.25. The minimum Gasteiger partial charge on any atom is -0.482 e. The summed E-state index contributed by atoms with van der Waals surface area (Å²) in [4.78, 5) is 24.8. The van der Waals surface area contributed by atoms with Gasteiger partial charge in [-0.15, -0.1) is 0 Å². The molecule has 1 aromatic rings. The van der Waals surface area contributed by atoms with Gasteiger partial charge in [0.25, 0.3) is 0 Å². The summed E-state index contributed by atoms with van der Waals surface area (Å²) < 4.78 is 5.11. The van der Waals surface area contributed by atoms with E-state index in [1.807, 2.05) is 24.1 Å². The quantitative estimate of drug-likeness (QED) is 0.875. The number of carbonyl (C=O) groups is 2. The van der Waals surface area contributed by atoms with E-state index in [-0.39, 0.29) is 18.4 Å². The van der Waals surface area contributed by atoms with Crippen LogP contribution in [0.4, 0.5) is 0 Å². The maximum Gasteiger partial charge on any atom is 0.341 e. The molecule has 2 fully saturated rings. The molecule has 1 amide bonds. The van der Waals surface area contributed by atoms with E-state index in [1.165, 1.54) is 25.7 Å². The fourth-order valence-electron chi connectivity index (χ4n) is 3.80. The van der Waals surface area contributed by atoms with E-state index < -0.39 is 5.97 Å². The summed E-state index contributed by atoms with van der Waals surface area (Å²) in [6.45, 7) is 0.232. The van der Waals surface area contributed by atoms with Crippen LogP contribution in [0.25, 0.3) is 0 Å². The van der Waals surface area contributed by atoms with Crippen molar-refractivity contribution in [1.29, 1.82) is 0 Å². The molecule has 2 saturated carbocycles. The van der Waals surface area contributed by atoms with Gasteiger partial charge in [-0.1, -0.05) is 25.0 Å². The van der Waals surface area contributed by atoms with Crippen molar-refractivity contribution < 1.29 is 19.4 Å². The highest BCUT2D eigenvalue weighted by Crippen LogP contribution is 2.56. The summed E-state index contributed by atoms with van der Waals surface area (Å²) >= 11 is 0. The highest BCUT2D eigenvalue weighted by atomic mass is 16.5. The van der Waals surface area contributed by atoms with Gasteiger partial charge in [0, 0.05) is 19.5 Å². The van der Waals surface area contributed by atoms with Crippen LogP contribution in [0.3, 0.4) is 0 Å². The molecule has 23 heavy (non-hydrogen) atoms. The second-order valence-electron chi connectivity index (χ2n) is 6.66. The smallest absolute Gasteiger partial charge is 0.341 e. The van der Waals surface area contributed by atoms with Crippen molar-refractivity contribution in [2.24, 2.45) is 17.8 Å². The van der Waals surface area contributed by atoms with Crippen molar-refractivity contribution in [2.75, 3.05) is 13.7 Å². The van der Waals surface area contributed by atoms with E-state index in [4.69, 9.17) is 9.84 Å². The number of nitrogens with zero attached hydrogens (tertiary/aromatic N) is 1. The molecule has 0 bridgehead atoms. The van der Waals surface area contributed by atoms with Gasteiger partial charge in [0.2, 0.25) is 5.91 Å². The first-order chi connectivity index (χ1) is 11.1. The van der Waals surface area contributed by atoms with Crippen LogP contribution in [-0.4, -0.2) is 35.5 Å². The molecule has 0 saturated heterocycles. The Hall–Kier alpha value is -2.04. The number of benzene rings is 1. The summed E-state index contributed by atoms with van der Waals surface area (Å²) in [5.74, 6) is 1.31. The fourth-order valence-corrected chi connectivity index (χ4v) is 3.80. The average Bonchev–Trinajstić information content (AvgIpc) is 3.27. The number of hydrogen-bond acceptors (Lipinski definition) is 3. The van der Waals surface area contributed by atoms with Gasteiger partial charge < -0.3 is 14.7 Å². The van der Waals surface area contributed by atoms with E-state index in [0.29, 0.717) is 24.1 Å². The maximum absolute atomic E-state index is 12.6. The van der Waals surface area contributed by atoms with E-state index in [2.05, 4.69) is 0 Å². The SMILES string of the molecule is CN(Cc1ccc(OCC(=O)O)cc1)C(=O)C1C2CCCCC21. The topological polar surface area (TPSA) is 66.8 Å². The van der Waals surface area contributed by atoms with Gasteiger partial charge in [0.1, 0.15) is 5.75 Å². The number of carboxylic acids is 1. The van der Waals surface area contributed by atoms with Gasteiger partial charge >= 0.3 is 5.97 Å². The van der Waals surface area contributed by atoms with Crippen LogP contribution >= 0.6 is 0 Å². The molecule has 5 heteroatoms. The lowest BCUT2D eigenvalue weighted by atomic mass is 10.0. The fraction of sp³-hybridized carbons (Fsp3) is 0.556. The van der Waals surface area contributed by atoms with Crippen molar-refractivity contribution in [1.82, 2.24) is 4.90 Å². The van der Waals surface area contributed by atoms with Gasteiger partial charge in [-0.2, -0.15) is 0 Å². The molecule has 2 aliphatic rings. The minimum atomic E-state index is -0.995. The Bertz CT molecular complexity index is 571. The Labute approximate surface area is 136 Å². The molecule has 2 unspecified atom stereocenters. The van der Waals surface area contributed by atoms with Crippen molar-refractivity contribution in [3.8, 4) is 5.75 Å². The molecule has 3 rings (SSSR count). The van der Waals surface area contributed by atoms with Crippen LogP contribution in [-0.2, 0) is 16.1 Å². The molecular weight excluding hydrogens is 294 g/mol. The van der Waals surface area contributed by atoms with E-state index in [9.17, 15) is 9.59 Å². The molecule has 0 heterocycles. The number of aliphatic carboxylic acids is 1. The second kappa shape index (κ2) is 6.60. The minimum absolute atomic E-state index is 0.251. The number of ether oxygens (including phenoxy) is 1. The van der Waals surface area contributed by atoms with Crippen LogP contribution < -0.4 is 4.74 Å². The Morgan fingerprint density at radius 3 is 2.35 bits per heavy atom. The van der Waals surface area contributed by atoms with Crippen molar-refractivity contribution in [3.05, 3.63) is 29.8 Å². The highest BCUT2D eigenvalue weighted by Gasteiger charge is 2.55. The first kappa shape index (κ1) is 15.8. The zero-order chi connectivity index (χ0) is 16.4. The second-order valence-corrected chi connectivity index (χ2v) is 6.66. The number of hydrogen-bond donors (Lipinski definition) is 1. The molecule has 0 radical (unpaired) electrons. The third kappa shape index (κ3) is 3.66. The van der Waals surface area contributed by atoms with Crippen molar-refractivity contribution in [2.45, 2.75) is 32.2 Å². The van der Waals surface area contributed by atoms with Gasteiger partial charge in [-0.3, -0.25) is 4.79 Å². The zero-order valence-corrected chi connectivity index (χ0v) is 13.4. The van der Waals surface area contributed by atoms with Crippen LogP contribution in [0.5, 0.6) is 5.75 Å². The number of carboxylic acid groups (broad SMARTS) is 1. The lowest BCUT2D eigenvalue weighted by molar-refractivity contribution is -0.139. The van der Waals surface area contributed by atoms with E-state index in [0.717, 1.165) is 5.56 Å². The number of carbonyl (C=O) groups excluding carboxylic acids is 1. The molecule has 0 aliphatic heterocycles. The number of fused-ring (bicyclic) bond motifs is 1. The van der Waals surface area contributed by atoms with Gasteiger partial charge in [-0.25, -0.2) is 4.79 Å². The zero-order valence-electron chi connectivity index (χ0n) is 13.4. The first-order valence-corrected chi connectivity index (χ1v) is 8.25. The summed E-state index contributed by atoms with van der Waals surface area (Å²) in [5.41, 5.74) is 1.02. The Morgan fingerprint density at radius 2 is 1.78 bits per heavy atom. The number of rotatable bonds is 6. The lowest BCUT2D eigenvalue weighted by Gasteiger charge is -2.18. The van der Waals surface area contributed by atoms with E-state index >= 15 is 0 Å². The van der Waals surface area contributed by atoms with Crippen LogP contribution in [0.15, 0.2) is 24.3 Å². The molecule has 5 nitrogen and oxygen atoms in total. The number of amides is 1. The monoisotopic (exact) mass is 317 g/mol. The van der Waals surface area contributed by atoms with Crippen LogP contribution in [0.1, 0.15) is 31.2 Å². The summed E-state index contributed by atoms with van der Waals surface area (Å²) in [7, 11) is 1.86. The highest BCUT2D eigenvalue weighted by molar-refractivity contribution is 5.82. The summed E-state index contributed by atoms with van der Waals surface area (Å²) in [5, 5.41) is 8.59. The Balaban J connectivity index is 1.52. The maximum atomic E-state index is 12.6. The summed E-state index contributed by atoms with van der Waals surface area (Å²) in [6, 6.07) is 7.24. The largest absolute Gasteiger partial charge is 0.482 e. The standard InChI is InChI=1S/C18H23NO4/c1-19(18(22)17-14-4-2-3-5-15(14)17)10-12-6-8-13(9-7-12)23-11-16(20)21/h6-9,14-15,17H,2-5,10-11H2,1H3,(H,20,21). The summed E-state index contributed by atoms with van der Waals surface area (Å²) in [6.07, 6.45) is 4.97. The van der Waals surface area contributed by atoms with Gasteiger partial charge in [-0.05, 0) is 42.4 Å². The third-order valence-electron chi connectivity index (χ3n) is 5.02. The average molecular weight is 317 g/mol. The predicted molar refractivity (Wildman–Crippen MR) is 85.0 cm³/mol. The van der Waals surface area contributed by atoms with Gasteiger partial charge in [0.05, 0.1) is 0 Å². The molecule has 1 N–H and O–H groups in total. The van der Waals surface area contributed by atoms with Crippen molar-refractivity contribution in [3.63, 3.8) is 0 Å². The lowest BCUT2D eigenvalue weighted by Crippen LogP contribution is -2.28. The third-order valence-corrected chi connectivity index (χ3v) is 5.02. The molecule has 1 aromatic carbocycles. The molecule has 2 atom stereocenters. The van der Waals surface area contributed by atoms with E-state index in [1.54, 1.807) is 12.1 Å². The van der Waals surface area contributed by atoms with Crippen LogP contribution in [0, 0.1) is 17.8 Å². The Kier molecular flexibility index (Phi) is 4.55. The molecule has 124 valence electrons. The molecule has 0 aromatic heterocycles. The van der Waals surface area contributed by atoms with Crippen molar-refractivity contribution >= 4 is 11.9 Å². The Morgan fingerprint density at radius 1 is 1.17 bits per heavy atom. The molecular formula is C18H23NO4. The normalized spacial score (nSPS) is 25.3. The van der Waals surface area contributed by atoms with Crippen LogP contribution in [0.2, 0.25) is 0 Å². The molecule has 0 spiro atoms. The van der Waals surface area contributed by atoms with Gasteiger partial charge in [0.15, 0.2) is 6.61 Å². The predicted octanol–water partition coefficient (Wildman–Crippen LogP) is 2.54. The molecule has 2 aliphatic carbocycles.